The highest BCUT2D eigenvalue weighted by molar-refractivity contribution is 5.79. The molecule has 26 heavy (non-hydrogen) atoms. The van der Waals surface area contributed by atoms with Crippen LogP contribution in [0.5, 0.6) is 17.4 Å². The van der Waals surface area contributed by atoms with Gasteiger partial charge < -0.3 is 20.5 Å². The number of nitrogens with zero attached hydrogens (tertiary/aromatic N) is 1. The largest absolute Gasteiger partial charge is 0.490 e. The summed E-state index contributed by atoms with van der Waals surface area (Å²) in [6.45, 7) is 2.95. The van der Waals surface area contributed by atoms with Gasteiger partial charge in [0.15, 0.2) is 11.5 Å². The van der Waals surface area contributed by atoms with Crippen LogP contribution in [0.4, 0.5) is 0 Å². The minimum absolute atomic E-state index is 0.0376. The van der Waals surface area contributed by atoms with Gasteiger partial charge in [0.05, 0.1) is 6.61 Å². The van der Waals surface area contributed by atoms with Crippen molar-refractivity contribution in [2.75, 3.05) is 6.61 Å². The Morgan fingerprint density at radius 1 is 1.23 bits per heavy atom. The molecule has 1 heterocycles. The second-order valence-corrected chi connectivity index (χ2v) is 6.47. The molecule has 1 aromatic carbocycles. The van der Waals surface area contributed by atoms with Gasteiger partial charge in [-0.05, 0) is 43.9 Å². The Kier molecular flexibility index (Phi) is 6.07. The first-order chi connectivity index (χ1) is 12.7. The van der Waals surface area contributed by atoms with Crippen molar-refractivity contribution in [3.63, 3.8) is 0 Å². The molecule has 1 aliphatic rings. The second kappa shape index (κ2) is 8.67. The van der Waals surface area contributed by atoms with E-state index in [9.17, 15) is 4.79 Å². The van der Waals surface area contributed by atoms with Crippen molar-refractivity contribution < 1.29 is 14.3 Å². The predicted octanol–water partition coefficient (Wildman–Crippen LogP) is 3.02. The molecule has 0 aliphatic heterocycles. The van der Waals surface area contributed by atoms with Crippen LogP contribution in [-0.4, -0.2) is 23.5 Å². The van der Waals surface area contributed by atoms with Gasteiger partial charge in [-0.2, -0.15) is 0 Å². The van der Waals surface area contributed by atoms with Gasteiger partial charge in [0, 0.05) is 30.8 Å². The Hall–Kier alpha value is -2.60. The average Bonchev–Trinajstić information content (AvgIpc) is 3.09. The minimum Gasteiger partial charge on any atom is -0.490 e. The van der Waals surface area contributed by atoms with Gasteiger partial charge in [-0.25, -0.2) is 4.98 Å². The van der Waals surface area contributed by atoms with Crippen molar-refractivity contribution >= 4 is 5.91 Å². The van der Waals surface area contributed by atoms with Crippen LogP contribution < -0.4 is 20.5 Å². The second-order valence-electron chi connectivity index (χ2n) is 6.47. The summed E-state index contributed by atoms with van der Waals surface area (Å²) < 4.78 is 11.3. The molecular weight excluding hydrogens is 330 g/mol. The normalized spacial score (nSPS) is 19.2. The topological polar surface area (TPSA) is 86.5 Å². The van der Waals surface area contributed by atoms with Crippen molar-refractivity contribution in [1.82, 2.24) is 10.3 Å². The van der Waals surface area contributed by atoms with Crippen LogP contribution in [0, 0.1) is 5.92 Å². The first-order valence-corrected chi connectivity index (χ1v) is 9.03. The van der Waals surface area contributed by atoms with E-state index in [4.69, 9.17) is 15.2 Å². The minimum atomic E-state index is 0.0376. The molecule has 2 atom stereocenters. The Balaban J connectivity index is 1.54. The predicted molar refractivity (Wildman–Crippen MR) is 99.1 cm³/mol. The number of aromatic nitrogens is 1. The van der Waals surface area contributed by atoms with Crippen molar-refractivity contribution in [1.29, 1.82) is 0 Å². The number of pyridine rings is 1. The highest BCUT2D eigenvalue weighted by atomic mass is 16.5. The Bertz CT molecular complexity index is 733. The SMILES string of the molecule is CCOc1ccccc1Oc1ccc(CNC(=O)C2CCC(N)C2)cn1. The highest BCUT2D eigenvalue weighted by Gasteiger charge is 2.27. The number of nitrogens with two attached hydrogens (primary N) is 1. The van der Waals surface area contributed by atoms with E-state index in [-0.39, 0.29) is 17.9 Å². The number of hydrogen-bond donors (Lipinski definition) is 2. The number of nitrogens with one attached hydrogen (secondary N) is 1. The maximum absolute atomic E-state index is 12.1. The zero-order chi connectivity index (χ0) is 18.4. The van der Waals surface area contributed by atoms with E-state index in [0.717, 1.165) is 24.8 Å². The highest BCUT2D eigenvalue weighted by Crippen LogP contribution is 2.30. The van der Waals surface area contributed by atoms with Gasteiger partial charge in [-0.3, -0.25) is 4.79 Å². The molecule has 0 bridgehead atoms. The van der Waals surface area contributed by atoms with E-state index in [0.29, 0.717) is 30.5 Å². The summed E-state index contributed by atoms with van der Waals surface area (Å²) in [5.41, 5.74) is 6.79. The molecule has 1 amide bonds. The number of rotatable bonds is 7. The number of ether oxygens (including phenoxy) is 2. The molecule has 6 heteroatoms. The van der Waals surface area contributed by atoms with E-state index in [1.54, 1.807) is 12.3 Å². The lowest BCUT2D eigenvalue weighted by atomic mass is 10.1. The van der Waals surface area contributed by atoms with Gasteiger partial charge in [0.1, 0.15) is 0 Å². The van der Waals surface area contributed by atoms with Crippen LogP contribution >= 0.6 is 0 Å². The summed E-state index contributed by atoms with van der Waals surface area (Å²) in [7, 11) is 0. The maximum atomic E-state index is 12.1. The van der Waals surface area contributed by atoms with Gasteiger partial charge in [-0.1, -0.05) is 18.2 Å². The summed E-state index contributed by atoms with van der Waals surface area (Å²) in [6, 6.07) is 11.3. The number of para-hydroxylation sites is 2. The van der Waals surface area contributed by atoms with E-state index < -0.39 is 0 Å². The fourth-order valence-electron chi connectivity index (χ4n) is 3.09. The Labute approximate surface area is 153 Å². The number of benzene rings is 1. The summed E-state index contributed by atoms with van der Waals surface area (Å²) in [5, 5.41) is 2.96. The average molecular weight is 355 g/mol. The zero-order valence-corrected chi connectivity index (χ0v) is 15.0. The summed E-state index contributed by atoms with van der Waals surface area (Å²) in [6.07, 6.45) is 4.28. The molecule has 1 fully saturated rings. The summed E-state index contributed by atoms with van der Waals surface area (Å²) in [4.78, 5) is 16.5. The van der Waals surface area contributed by atoms with Crippen LogP contribution in [0.1, 0.15) is 31.7 Å². The van der Waals surface area contributed by atoms with Crippen LogP contribution in [0.25, 0.3) is 0 Å². The molecular formula is C20H25N3O3. The Morgan fingerprint density at radius 3 is 2.69 bits per heavy atom. The molecule has 138 valence electrons. The first kappa shape index (κ1) is 18.2. The first-order valence-electron chi connectivity index (χ1n) is 9.03. The van der Waals surface area contributed by atoms with Crippen LogP contribution in [0.2, 0.25) is 0 Å². The molecule has 0 radical (unpaired) electrons. The number of carbonyl (C=O) groups excluding carboxylic acids is 1. The van der Waals surface area contributed by atoms with Gasteiger partial charge >= 0.3 is 0 Å². The number of carbonyl (C=O) groups is 1. The molecule has 2 aromatic rings. The van der Waals surface area contributed by atoms with E-state index >= 15 is 0 Å². The molecule has 6 nitrogen and oxygen atoms in total. The quantitative estimate of drug-likeness (QED) is 0.797. The van der Waals surface area contributed by atoms with Crippen LogP contribution in [0.3, 0.4) is 0 Å². The molecule has 1 aliphatic carbocycles. The lowest BCUT2D eigenvalue weighted by Crippen LogP contribution is -2.30. The fraction of sp³-hybridized carbons (Fsp3) is 0.400. The monoisotopic (exact) mass is 355 g/mol. The molecule has 0 saturated heterocycles. The van der Waals surface area contributed by atoms with E-state index in [1.165, 1.54) is 0 Å². The Morgan fingerprint density at radius 2 is 2.04 bits per heavy atom. The third kappa shape index (κ3) is 4.73. The fourth-order valence-corrected chi connectivity index (χ4v) is 3.09. The van der Waals surface area contributed by atoms with Crippen LogP contribution in [-0.2, 0) is 11.3 Å². The van der Waals surface area contributed by atoms with E-state index in [2.05, 4.69) is 10.3 Å². The molecule has 3 rings (SSSR count). The smallest absolute Gasteiger partial charge is 0.223 e. The lowest BCUT2D eigenvalue weighted by Gasteiger charge is -2.12. The molecule has 2 unspecified atom stereocenters. The van der Waals surface area contributed by atoms with Crippen molar-refractivity contribution in [2.45, 2.75) is 38.8 Å². The third-order valence-corrected chi connectivity index (χ3v) is 4.47. The maximum Gasteiger partial charge on any atom is 0.223 e. The van der Waals surface area contributed by atoms with Crippen LogP contribution in [0.15, 0.2) is 42.6 Å². The number of amides is 1. The number of hydrogen-bond acceptors (Lipinski definition) is 5. The lowest BCUT2D eigenvalue weighted by molar-refractivity contribution is -0.125. The van der Waals surface area contributed by atoms with E-state index in [1.807, 2.05) is 37.3 Å². The molecule has 3 N–H and O–H groups in total. The van der Waals surface area contributed by atoms with Crippen molar-refractivity contribution in [3.05, 3.63) is 48.2 Å². The van der Waals surface area contributed by atoms with Gasteiger partial charge in [0.2, 0.25) is 11.8 Å². The standard InChI is InChI=1S/C20H25N3O3/c1-2-25-17-5-3-4-6-18(17)26-19-10-7-14(12-22-19)13-23-20(24)15-8-9-16(21)11-15/h3-7,10,12,15-16H,2,8-9,11,13,21H2,1H3,(H,23,24). The third-order valence-electron chi connectivity index (χ3n) is 4.47. The summed E-state index contributed by atoms with van der Waals surface area (Å²) >= 11 is 0. The van der Waals surface area contributed by atoms with Gasteiger partial charge in [-0.15, -0.1) is 0 Å². The summed E-state index contributed by atoms with van der Waals surface area (Å²) in [5.74, 6) is 1.90. The van der Waals surface area contributed by atoms with Crippen molar-refractivity contribution in [3.8, 4) is 17.4 Å². The van der Waals surface area contributed by atoms with Crippen molar-refractivity contribution in [2.24, 2.45) is 11.7 Å². The molecule has 0 spiro atoms. The zero-order valence-electron chi connectivity index (χ0n) is 15.0. The molecule has 1 saturated carbocycles. The van der Waals surface area contributed by atoms with Gasteiger partial charge in [0.25, 0.3) is 0 Å². The molecule has 1 aromatic heterocycles.